The second-order valence-corrected chi connectivity index (χ2v) is 7.57. The van der Waals surface area contributed by atoms with Crippen molar-refractivity contribution in [2.75, 3.05) is 0 Å². The molecule has 1 unspecified atom stereocenters. The van der Waals surface area contributed by atoms with E-state index in [1.165, 1.54) is 30.3 Å². The smallest absolute Gasteiger partial charge is 0.126 e. The number of rotatable bonds is 7. The van der Waals surface area contributed by atoms with Crippen LogP contribution in [0.1, 0.15) is 42.0 Å². The van der Waals surface area contributed by atoms with Gasteiger partial charge in [0.2, 0.25) is 0 Å². The second-order valence-electron chi connectivity index (χ2n) is 7.57. The zero-order valence-corrected chi connectivity index (χ0v) is 16.4. The molecule has 0 heterocycles. The maximum atomic E-state index is 14.2. The number of halogens is 3. The van der Waals surface area contributed by atoms with Gasteiger partial charge in [-0.25, -0.2) is 13.2 Å². The SMILES string of the molecule is C#CC(C)(CCCc1ccc(F)c(Cc2ccc(F)cc2)c1)c1ccc(F)cc1. The summed E-state index contributed by atoms with van der Waals surface area (Å²) in [6.07, 6.45) is 8.51. The number of hydrogen-bond donors (Lipinski definition) is 0. The van der Waals surface area contributed by atoms with E-state index in [9.17, 15) is 13.2 Å². The molecular weight excluding hydrogens is 369 g/mol. The van der Waals surface area contributed by atoms with E-state index in [4.69, 9.17) is 6.42 Å². The number of benzene rings is 3. The summed E-state index contributed by atoms with van der Waals surface area (Å²) in [5, 5.41) is 0. The van der Waals surface area contributed by atoms with Gasteiger partial charge in [-0.3, -0.25) is 0 Å². The van der Waals surface area contributed by atoms with Gasteiger partial charge in [0.05, 0.1) is 5.41 Å². The lowest BCUT2D eigenvalue weighted by molar-refractivity contribution is 0.530. The van der Waals surface area contributed by atoms with Crippen molar-refractivity contribution >= 4 is 0 Å². The maximum Gasteiger partial charge on any atom is 0.126 e. The van der Waals surface area contributed by atoms with Gasteiger partial charge in [-0.15, -0.1) is 6.42 Å². The van der Waals surface area contributed by atoms with E-state index in [0.29, 0.717) is 12.0 Å². The highest BCUT2D eigenvalue weighted by Gasteiger charge is 2.23. The summed E-state index contributed by atoms with van der Waals surface area (Å²) >= 11 is 0. The molecule has 0 nitrogen and oxygen atoms in total. The monoisotopic (exact) mass is 392 g/mol. The number of aryl methyl sites for hydroxylation is 1. The largest absolute Gasteiger partial charge is 0.207 e. The molecule has 0 amide bonds. The normalized spacial score (nSPS) is 12.9. The Labute approximate surface area is 170 Å². The third-order valence-electron chi connectivity index (χ3n) is 5.36. The molecule has 1 atom stereocenters. The summed E-state index contributed by atoms with van der Waals surface area (Å²) in [6, 6.07) is 17.5. The number of terminal acetylenes is 1. The zero-order valence-electron chi connectivity index (χ0n) is 16.4. The Morgan fingerprint density at radius 1 is 0.828 bits per heavy atom. The van der Waals surface area contributed by atoms with Crippen LogP contribution >= 0.6 is 0 Å². The van der Waals surface area contributed by atoms with Crippen molar-refractivity contribution in [2.45, 2.75) is 38.0 Å². The summed E-state index contributed by atoms with van der Waals surface area (Å²) in [5.74, 6) is 1.99. The minimum Gasteiger partial charge on any atom is -0.207 e. The standard InChI is InChI=1S/C26H23F3/c1-3-26(2,22-9-13-24(28)14-10-22)16-4-5-19-8-15-25(29)21(17-19)18-20-6-11-23(27)12-7-20/h1,6-15,17H,4-5,16,18H2,2H3. The molecule has 148 valence electrons. The highest BCUT2D eigenvalue weighted by Crippen LogP contribution is 2.29. The van der Waals surface area contributed by atoms with Crippen molar-refractivity contribution in [1.29, 1.82) is 0 Å². The number of hydrogen-bond acceptors (Lipinski definition) is 0. The Morgan fingerprint density at radius 2 is 1.41 bits per heavy atom. The molecule has 0 N–H and O–H groups in total. The molecule has 0 saturated carbocycles. The average molecular weight is 392 g/mol. The molecule has 3 heteroatoms. The van der Waals surface area contributed by atoms with Gasteiger partial charge >= 0.3 is 0 Å². The van der Waals surface area contributed by atoms with E-state index >= 15 is 0 Å². The molecule has 0 aliphatic heterocycles. The lowest BCUT2D eigenvalue weighted by Gasteiger charge is -2.24. The third kappa shape index (κ3) is 5.29. The van der Waals surface area contributed by atoms with Crippen molar-refractivity contribution in [1.82, 2.24) is 0 Å². The predicted octanol–water partition coefficient (Wildman–Crippen LogP) is 6.61. The fraction of sp³-hybridized carbons (Fsp3) is 0.231. The summed E-state index contributed by atoms with van der Waals surface area (Å²) in [6.45, 7) is 1.98. The van der Waals surface area contributed by atoms with Crippen LogP contribution in [-0.4, -0.2) is 0 Å². The van der Waals surface area contributed by atoms with Gasteiger partial charge in [0.15, 0.2) is 0 Å². The fourth-order valence-corrected chi connectivity index (χ4v) is 3.50. The summed E-state index contributed by atoms with van der Waals surface area (Å²) < 4.78 is 40.5. The predicted molar refractivity (Wildman–Crippen MR) is 111 cm³/mol. The van der Waals surface area contributed by atoms with Crippen molar-refractivity contribution in [2.24, 2.45) is 0 Å². The maximum absolute atomic E-state index is 14.2. The van der Waals surface area contributed by atoms with Gasteiger partial charge in [-0.1, -0.05) is 42.3 Å². The van der Waals surface area contributed by atoms with Gasteiger partial charge in [-0.2, -0.15) is 0 Å². The summed E-state index contributed by atoms with van der Waals surface area (Å²) in [5.41, 5.74) is 2.91. The van der Waals surface area contributed by atoms with Crippen LogP contribution in [0.3, 0.4) is 0 Å². The first-order chi connectivity index (χ1) is 13.9. The summed E-state index contributed by atoms with van der Waals surface area (Å²) in [4.78, 5) is 0. The van der Waals surface area contributed by atoms with Crippen molar-refractivity contribution in [3.63, 3.8) is 0 Å². The third-order valence-corrected chi connectivity index (χ3v) is 5.36. The van der Waals surface area contributed by atoms with Crippen LogP contribution in [0.5, 0.6) is 0 Å². The minimum absolute atomic E-state index is 0.266. The van der Waals surface area contributed by atoms with E-state index < -0.39 is 5.41 Å². The van der Waals surface area contributed by atoms with Gasteiger partial charge in [-0.05, 0) is 78.8 Å². The fourth-order valence-electron chi connectivity index (χ4n) is 3.50. The lowest BCUT2D eigenvalue weighted by Crippen LogP contribution is -2.19. The Hall–Kier alpha value is -2.99. The van der Waals surface area contributed by atoms with Crippen LogP contribution < -0.4 is 0 Å². The molecule has 3 aromatic rings. The van der Waals surface area contributed by atoms with Crippen LogP contribution in [0, 0.1) is 29.8 Å². The highest BCUT2D eigenvalue weighted by atomic mass is 19.1. The van der Waals surface area contributed by atoms with E-state index in [0.717, 1.165) is 36.0 Å². The topological polar surface area (TPSA) is 0 Å². The van der Waals surface area contributed by atoms with E-state index in [2.05, 4.69) is 5.92 Å². The quantitative estimate of drug-likeness (QED) is 0.397. The zero-order chi connectivity index (χ0) is 20.9. The molecule has 0 aliphatic rings. The molecule has 3 aromatic carbocycles. The van der Waals surface area contributed by atoms with E-state index in [-0.39, 0.29) is 17.5 Å². The van der Waals surface area contributed by atoms with Crippen LogP contribution in [0.15, 0.2) is 66.7 Å². The molecular formula is C26H23F3. The first kappa shape index (κ1) is 20.7. The Kier molecular flexibility index (Phi) is 6.44. The van der Waals surface area contributed by atoms with Crippen molar-refractivity contribution in [3.8, 4) is 12.3 Å². The van der Waals surface area contributed by atoms with Crippen LogP contribution in [0.2, 0.25) is 0 Å². The average Bonchev–Trinajstić information content (AvgIpc) is 2.72. The Balaban J connectivity index is 1.66. The molecule has 0 saturated heterocycles. The van der Waals surface area contributed by atoms with Crippen molar-refractivity contribution in [3.05, 3.63) is 106 Å². The highest BCUT2D eigenvalue weighted by molar-refractivity contribution is 5.34. The molecule has 0 radical (unpaired) electrons. The molecule has 3 rings (SSSR count). The lowest BCUT2D eigenvalue weighted by atomic mass is 9.78. The van der Waals surface area contributed by atoms with Gasteiger partial charge in [0.25, 0.3) is 0 Å². The molecule has 0 spiro atoms. The van der Waals surface area contributed by atoms with Crippen molar-refractivity contribution < 1.29 is 13.2 Å². The minimum atomic E-state index is -0.481. The molecule has 0 aliphatic carbocycles. The second kappa shape index (κ2) is 9.01. The Bertz CT molecular complexity index is 998. The molecule has 0 fully saturated rings. The van der Waals surface area contributed by atoms with Crippen LogP contribution in [0.25, 0.3) is 0 Å². The van der Waals surface area contributed by atoms with E-state index in [1.807, 2.05) is 13.0 Å². The summed E-state index contributed by atoms with van der Waals surface area (Å²) in [7, 11) is 0. The Morgan fingerprint density at radius 3 is 2.03 bits per heavy atom. The first-order valence-corrected chi connectivity index (χ1v) is 9.65. The first-order valence-electron chi connectivity index (χ1n) is 9.65. The molecule has 29 heavy (non-hydrogen) atoms. The van der Waals surface area contributed by atoms with Gasteiger partial charge in [0.1, 0.15) is 17.5 Å². The molecule has 0 aromatic heterocycles. The van der Waals surface area contributed by atoms with Gasteiger partial charge < -0.3 is 0 Å². The molecule has 0 bridgehead atoms. The van der Waals surface area contributed by atoms with E-state index in [1.54, 1.807) is 30.3 Å². The van der Waals surface area contributed by atoms with Gasteiger partial charge in [0, 0.05) is 6.42 Å². The van der Waals surface area contributed by atoms with Crippen LogP contribution in [-0.2, 0) is 18.3 Å². The van der Waals surface area contributed by atoms with Crippen LogP contribution in [0.4, 0.5) is 13.2 Å².